The molecule has 0 bridgehead atoms. The molecule has 0 aliphatic rings. The fourth-order valence-electron chi connectivity index (χ4n) is 7.41. The predicted octanol–water partition coefficient (Wildman–Crippen LogP) is 3.85. The minimum absolute atomic E-state index is 0.107. The van der Waals surface area contributed by atoms with E-state index in [9.17, 15) is 43.5 Å². The van der Waals surface area contributed by atoms with E-state index in [0.29, 0.717) is 41.9 Å². The van der Waals surface area contributed by atoms with Gasteiger partial charge in [0.05, 0.1) is 18.6 Å². The Bertz CT molecular complexity index is 2100. The number of benzene rings is 2. The Kier molecular flexibility index (Phi) is 23.8. The molecule has 0 heterocycles. The van der Waals surface area contributed by atoms with Gasteiger partial charge < -0.3 is 58.1 Å². The molecule has 2 aromatic rings. The minimum Gasteiger partial charge on any atom is -0.478 e. The van der Waals surface area contributed by atoms with Crippen molar-refractivity contribution in [2.45, 2.75) is 130 Å². The molecule has 0 saturated carbocycles. The third kappa shape index (κ3) is 19.9. The van der Waals surface area contributed by atoms with E-state index in [2.05, 4.69) is 37.2 Å². The molecule has 20 nitrogen and oxygen atoms in total. The number of likely N-dealkylation sites (N-methyl/N-ethyl adjacent to an activating group) is 2. The normalized spacial score (nSPS) is 13.5. The summed E-state index contributed by atoms with van der Waals surface area (Å²) >= 11 is 0. The molecule has 2 aromatic carbocycles. The number of ether oxygens (including phenoxy) is 1. The molecule has 0 spiro atoms. The quantitative estimate of drug-likeness (QED) is 0.0451. The third-order valence-electron chi connectivity index (χ3n) is 11.5. The Morgan fingerprint density at radius 3 is 2.06 bits per heavy atom. The molecule has 4 atom stereocenters. The number of carboxylic acid groups (broad SMARTS) is 1. The molecule has 0 aromatic heterocycles. The Hall–Kier alpha value is -6.54. The highest BCUT2D eigenvalue weighted by Gasteiger charge is 2.42. The van der Waals surface area contributed by atoms with Gasteiger partial charge in [-0.3, -0.25) is 29.3 Å². The lowest BCUT2D eigenvalue weighted by atomic mass is 9.76. The Balaban J connectivity index is 2.10. The lowest BCUT2D eigenvalue weighted by Crippen LogP contribution is -2.61. The first-order chi connectivity index (χ1) is 32.3. The molecule has 0 fully saturated rings. The van der Waals surface area contributed by atoms with Crippen molar-refractivity contribution in [2.75, 3.05) is 44.4 Å². The van der Waals surface area contributed by atoms with E-state index in [1.165, 1.54) is 11.8 Å². The topological polar surface area (TPSA) is 306 Å². The zero-order valence-corrected chi connectivity index (χ0v) is 41.9. The van der Waals surface area contributed by atoms with Gasteiger partial charge in [0.15, 0.2) is 0 Å². The van der Waals surface area contributed by atoms with Crippen LogP contribution in [0.25, 0.3) is 0 Å². The maximum absolute atomic E-state index is 14.1. The number of unbranched alkanes of at least 4 members (excludes halogenated alkanes) is 2. The standard InChI is InChI=1S/C49H76N10O10/c1-30(2)37(26-31(3)45(65)66)59(10)44(64)41(48(4,5)6)58-43(63)40(52-9)49(7,8)33-16-14-17-35(27-33)56-47(68)69-29-32-20-22-34(23-21-32)55-42(62)36(18-15-25-53-46(51)67)57-39(61)28-54-38(60)19-12-11-13-24-50/h14,16-17,20-23,26-27,30,36-37,40-41,52H,11-13,15,18-19,24-25,28-29,50H2,1-10H3,(H,54,60)(H,55,62)(H,56,68)(H,57,61)(H,58,63)(H,65,66)(H3,51,53,67)/b31-26+. The van der Waals surface area contributed by atoms with E-state index in [4.69, 9.17) is 16.2 Å². The largest absolute Gasteiger partial charge is 0.478 e. The number of nitrogens with one attached hydrogen (secondary N) is 7. The zero-order chi connectivity index (χ0) is 52.1. The predicted molar refractivity (Wildman–Crippen MR) is 265 cm³/mol. The van der Waals surface area contributed by atoms with Gasteiger partial charge in [-0.05, 0) is 92.9 Å². The van der Waals surface area contributed by atoms with E-state index in [-0.39, 0.29) is 55.8 Å². The van der Waals surface area contributed by atoms with Gasteiger partial charge in [-0.25, -0.2) is 14.4 Å². The summed E-state index contributed by atoms with van der Waals surface area (Å²) in [4.78, 5) is 104. The second kappa shape index (κ2) is 28.1. The summed E-state index contributed by atoms with van der Waals surface area (Å²) < 4.78 is 5.49. The van der Waals surface area contributed by atoms with Crippen molar-refractivity contribution >= 4 is 59.0 Å². The number of primary amides is 1. The highest BCUT2D eigenvalue weighted by Crippen LogP contribution is 2.31. The number of anilines is 2. The number of hydrogen-bond donors (Lipinski definition) is 10. The maximum Gasteiger partial charge on any atom is 0.411 e. The lowest BCUT2D eigenvalue weighted by Gasteiger charge is -2.40. The molecule has 4 unspecified atom stereocenters. The van der Waals surface area contributed by atoms with Crippen LogP contribution in [0.3, 0.4) is 0 Å². The Morgan fingerprint density at radius 1 is 0.812 bits per heavy atom. The van der Waals surface area contributed by atoms with Gasteiger partial charge in [-0.2, -0.15) is 0 Å². The molecule has 8 amide bonds. The van der Waals surface area contributed by atoms with Crippen molar-refractivity contribution in [2.24, 2.45) is 22.8 Å². The minimum atomic E-state index is -1.08. The Morgan fingerprint density at radius 2 is 1.48 bits per heavy atom. The van der Waals surface area contributed by atoms with Gasteiger partial charge in [0.25, 0.3) is 0 Å². The summed E-state index contributed by atoms with van der Waals surface area (Å²) in [5, 5.41) is 28.7. The number of carbonyl (C=O) groups is 8. The summed E-state index contributed by atoms with van der Waals surface area (Å²) in [6, 6.07) is 9.41. The van der Waals surface area contributed by atoms with Crippen molar-refractivity contribution in [3.05, 3.63) is 71.3 Å². The smallest absolute Gasteiger partial charge is 0.411 e. The zero-order valence-electron chi connectivity index (χ0n) is 41.9. The molecule has 0 aliphatic carbocycles. The number of amides is 8. The summed E-state index contributed by atoms with van der Waals surface area (Å²) in [7, 11) is 3.25. The number of urea groups is 1. The van der Waals surface area contributed by atoms with Gasteiger partial charge in [0.1, 0.15) is 18.7 Å². The molecule has 382 valence electrons. The summed E-state index contributed by atoms with van der Waals surface area (Å²) in [6.07, 6.45) is 3.77. The van der Waals surface area contributed by atoms with Crippen LogP contribution in [-0.2, 0) is 45.5 Å². The van der Waals surface area contributed by atoms with Gasteiger partial charge in [-0.15, -0.1) is 0 Å². The summed E-state index contributed by atoms with van der Waals surface area (Å²) in [5.41, 5.74) is 11.2. The maximum atomic E-state index is 14.1. The number of carbonyl (C=O) groups excluding carboxylic acids is 7. The van der Waals surface area contributed by atoms with Crippen molar-refractivity contribution < 1.29 is 48.2 Å². The van der Waals surface area contributed by atoms with Crippen molar-refractivity contribution in [3.63, 3.8) is 0 Å². The van der Waals surface area contributed by atoms with E-state index in [1.807, 2.05) is 54.5 Å². The molecular formula is C49H76N10O10. The second-order valence-corrected chi connectivity index (χ2v) is 19.0. The molecule has 0 saturated heterocycles. The number of rotatable bonds is 27. The van der Waals surface area contributed by atoms with Crippen LogP contribution < -0.4 is 48.7 Å². The van der Waals surface area contributed by atoms with Crippen molar-refractivity contribution in [3.8, 4) is 0 Å². The van der Waals surface area contributed by atoms with Crippen LogP contribution in [0, 0.1) is 11.3 Å². The molecule has 20 heteroatoms. The highest BCUT2D eigenvalue weighted by atomic mass is 16.5. The number of nitrogens with zero attached hydrogens (tertiary/aromatic N) is 1. The van der Waals surface area contributed by atoms with Gasteiger partial charge in [-0.1, -0.05) is 85.2 Å². The lowest BCUT2D eigenvalue weighted by molar-refractivity contribution is -0.141. The SMILES string of the molecule is CNC(C(=O)NC(C(=O)N(C)C(/C=C(\C)C(=O)O)C(C)C)C(C)(C)C)C(C)(C)c1cccc(NC(=O)OCc2ccc(NC(=O)C(CCCNC(N)=O)NC(=O)CNC(=O)CCCCCN)cc2)c1. The van der Waals surface area contributed by atoms with Crippen LogP contribution >= 0.6 is 0 Å². The third-order valence-corrected chi connectivity index (χ3v) is 11.5. The Labute approximate surface area is 406 Å². The first-order valence-electron chi connectivity index (χ1n) is 23.2. The van der Waals surface area contributed by atoms with Crippen LogP contribution in [0.2, 0.25) is 0 Å². The first-order valence-corrected chi connectivity index (χ1v) is 23.2. The van der Waals surface area contributed by atoms with Crippen molar-refractivity contribution in [1.82, 2.24) is 31.5 Å². The second-order valence-electron chi connectivity index (χ2n) is 19.0. The van der Waals surface area contributed by atoms with E-state index in [1.54, 1.807) is 62.6 Å². The van der Waals surface area contributed by atoms with Crippen LogP contribution in [0.15, 0.2) is 60.2 Å². The van der Waals surface area contributed by atoms with Crippen LogP contribution in [0.1, 0.15) is 105 Å². The van der Waals surface area contributed by atoms with E-state index >= 15 is 0 Å². The van der Waals surface area contributed by atoms with Gasteiger partial charge in [0.2, 0.25) is 29.5 Å². The first kappa shape index (κ1) is 58.6. The number of aliphatic carboxylic acids is 1. The monoisotopic (exact) mass is 965 g/mol. The molecule has 12 N–H and O–H groups in total. The van der Waals surface area contributed by atoms with Crippen LogP contribution in [0.5, 0.6) is 0 Å². The average Bonchev–Trinajstić information content (AvgIpc) is 3.27. The van der Waals surface area contributed by atoms with E-state index in [0.717, 1.165) is 12.8 Å². The molecule has 2 rings (SSSR count). The molecule has 69 heavy (non-hydrogen) atoms. The molecule has 0 radical (unpaired) electrons. The summed E-state index contributed by atoms with van der Waals surface area (Å²) in [6.45, 7) is 14.8. The van der Waals surface area contributed by atoms with Crippen LogP contribution in [-0.4, -0.2) is 116 Å². The highest BCUT2D eigenvalue weighted by molar-refractivity contribution is 5.98. The summed E-state index contributed by atoms with van der Waals surface area (Å²) in [5.74, 6) is -3.39. The molecule has 0 aliphatic heterocycles. The van der Waals surface area contributed by atoms with Crippen molar-refractivity contribution in [1.29, 1.82) is 0 Å². The molecular weight excluding hydrogens is 889 g/mol. The fourth-order valence-corrected chi connectivity index (χ4v) is 7.41. The van der Waals surface area contributed by atoms with Gasteiger partial charge >= 0.3 is 18.1 Å². The van der Waals surface area contributed by atoms with E-state index < -0.39 is 70.8 Å². The average molecular weight is 965 g/mol. The number of carboxylic acids is 1. The number of nitrogens with two attached hydrogens (primary N) is 2. The van der Waals surface area contributed by atoms with Gasteiger partial charge in [0, 0.05) is 42.4 Å². The van der Waals surface area contributed by atoms with Crippen LogP contribution in [0.4, 0.5) is 21.0 Å². The fraction of sp³-hybridized carbons (Fsp3) is 0.551. The number of hydrogen-bond acceptors (Lipinski definition) is 11.